The van der Waals surface area contributed by atoms with E-state index >= 15 is 0 Å². The van der Waals surface area contributed by atoms with Crippen LogP contribution >= 0.6 is 0 Å². The van der Waals surface area contributed by atoms with Crippen molar-refractivity contribution >= 4 is 24.8 Å². The number of Topliss-reactive ketones (excluding diaryl/α,β-unsaturated/α-hetero) is 1. The molecule has 1 aliphatic rings. The number of rotatable bonds is 11. The maximum absolute atomic E-state index is 13.8. The first-order chi connectivity index (χ1) is 18.6. The Morgan fingerprint density at radius 3 is 2.46 bits per heavy atom. The van der Waals surface area contributed by atoms with Gasteiger partial charge in [0, 0.05) is 30.7 Å². The Hall–Kier alpha value is -3.11. The SMILES string of the molecule is CCN1[C@H](C)C(=O)OB([C@@H](CC(=O)[C@H](Cc2ccccc2)NC(=O)c2cnccn2)CC(C)C)O[C@@H](C)[C@H]1C. The van der Waals surface area contributed by atoms with Gasteiger partial charge >= 0.3 is 13.1 Å². The van der Waals surface area contributed by atoms with Crippen molar-refractivity contribution in [2.24, 2.45) is 5.92 Å². The Morgan fingerprint density at radius 1 is 1.13 bits per heavy atom. The Kier molecular flexibility index (Phi) is 11.2. The molecule has 0 aliphatic carbocycles. The van der Waals surface area contributed by atoms with Crippen molar-refractivity contribution in [1.29, 1.82) is 0 Å². The van der Waals surface area contributed by atoms with Crippen LogP contribution in [0.2, 0.25) is 5.82 Å². The van der Waals surface area contributed by atoms with Crippen molar-refractivity contribution < 1.29 is 23.7 Å². The van der Waals surface area contributed by atoms with Gasteiger partial charge in [-0.15, -0.1) is 0 Å². The van der Waals surface area contributed by atoms with E-state index in [4.69, 9.17) is 9.31 Å². The molecule has 210 valence electrons. The zero-order chi connectivity index (χ0) is 28.5. The molecule has 2 aromatic rings. The zero-order valence-electron chi connectivity index (χ0n) is 23.9. The first kappa shape index (κ1) is 30.4. The van der Waals surface area contributed by atoms with Gasteiger partial charge < -0.3 is 14.6 Å². The van der Waals surface area contributed by atoms with E-state index in [1.165, 1.54) is 18.6 Å². The molecule has 1 amide bonds. The number of hydrogen-bond acceptors (Lipinski definition) is 8. The second kappa shape index (κ2) is 14.3. The minimum absolute atomic E-state index is 0.00662. The van der Waals surface area contributed by atoms with Crippen LogP contribution in [0.15, 0.2) is 48.9 Å². The molecule has 5 atom stereocenters. The van der Waals surface area contributed by atoms with E-state index < -0.39 is 25.1 Å². The number of nitrogens with one attached hydrogen (secondary N) is 1. The highest BCUT2D eigenvalue weighted by Gasteiger charge is 2.43. The summed E-state index contributed by atoms with van der Waals surface area (Å²) >= 11 is 0. The van der Waals surface area contributed by atoms with Crippen LogP contribution in [0.25, 0.3) is 0 Å². The lowest BCUT2D eigenvalue weighted by Gasteiger charge is -2.40. The molecule has 39 heavy (non-hydrogen) atoms. The van der Waals surface area contributed by atoms with Crippen LogP contribution in [-0.2, 0) is 25.3 Å². The summed E-state index contributed by atoms with van der Waals surface area (Å²) in [5, 5.41) is 2.86. The largest absolute Gasteiger partial charge is 0.531 e. The van der Waals surface area contributed by atoms with Gasteiger partial charge in [-0.3, -0.25) is 24.3 Å². The summed E-state index contributed by atoms with van der Waals surface area (Å²) in [7, 11) is -0.865. The summed E-state index contributed by atoms with van der Waals surface area (Å²) < 4.78 is 12.2. The highest BCUT2D eigenvalue weighted by atomic mass is 16.6. The lowest BCUT2D eigenvalue weighted by molar-refractivity contribution is -0.146. The molecule has 0 spiro atoms. The number of amides is 1. The molecule has 3 rings (SSSR count). The van der Waals surface area contributed by atoms with Gasteiger partial charge in [0.15, 0.2) is 5.78 Å². The molecule has 1 fully saturated rings. The molecule has 0 radical (unpaired) electrons. The van der Waals surface area contributed by atoms with E-state index in [1.54, 1.807) is 0 Å². The average molecular weight is 536 g/mol. The Balaban J connectivity index is 1.85. The van der Waals surface area contributed by atoms with Crippen LogP contribution < -0.4 is 5.32 Å². The maximum Gasteiger partial charge on any atom is 0.531 e. The van der Waals surface area contributed by atoms with Crippen LogP contribution in [0.1, 0.15) is 70.4 Å². The third-order valence-electron chi connectivity index (χ3n) is 7.38. The molecular formula is C29H41BN4O5. The van der Waals surface area contributed by atoms with Crippen molar-refractivity contribution in [2.45, 2.75) is 90.9 Å². The fourth-order valence-corrected chi connectivity index (χ4v) is 5.13. The van der Waals surface area contributed by atoms with Crippen molar-refractivity contribution in [3.05, 3.63) is 60.2 Å². The second-order valence-corrected chi connectivity index (χ2v) is 10.8. The maximum atomic E-state index is 13.8. The van der Waals surface area contributed by atoms with E-state index in [0.717, 1.165) is 5.56 Å². The lowest BCUT2D eigenvalue weighted by atomic mass is 9.64. The summed E-state index contributed by atoms with van der Waals surface area (Å²) in [4.78, 5) is 49.9. The van der Waals surface area contributed by atoms with Gasteiger partial charge in [0.1, 0.15) is 11.7 Å². The van der Waals surface area contributed by atoms with Crippen molar-refractivity contribution in [3.63, 3.8) is 0 Å². The summed E-state index contributed by atoms with van der Waals surface area (Å²) in [5.74, 6) is -1.13. The average Bonchev–Trinajstić information content (AvgIpc) is 2.92. The van der Waals surface area contributed by atoms with Crippen LogP contribution in [0.3, 0.4) is 0 Å². The van der Waals surface area contributed by atoms with Gasteiger partial charge in [-0.1, -0.05) is 51.1 Å². The number of likely N-dealkylation sites (N-methyl/N-ethyl adjacent to an activating group) is 1. The van der Waals surface area contributed by atoms with Crippen molar-refractivity contribution in [3.8, 4) is 0 Å². The summed E-state index contributed by atoms with van der Waals surface area (Å²) in [6, 6.07) is 8.31. The predicted octanol–water partition coefficient (Wildman–Crippen LogP) is 3.74. The van der Waals surface area contributed by atoms with Gasteiger partial charge in [-0.25, -0.2) is 4.98 Å². The number of hydrogen-bond donors (Lipinski definition) is 1. The number of nitrogens with zero attached hydrogens (tertiary/aromatic N) is 3. The van der Waals surface area contributed by atoms with Crippen LogP contribution in [0.4, 0.5) is 0 Å². The van der Waals surface area contributed by atoms with Gasteiger partial charge in [0.25, 0.3) is 5.91 Å². The van der Waals surface area contributed by atoms with Gasteiger partial charge in [-0.05, 0) is 51.6 Å². The molecular weight excluding hydrogens is 495 g/mol. The summed E-state index contributed by atoms with van der Waals surface area (Å²) in [6.07, 6.45) is 5.09. The smallest absolute Gasteiger partial charge is 0.508 e. The zero-order valence-corrected chi connectivity index (χ0v) is 23.9. The third kappa shape index (κ3) is 8.44. The van der Waals surface area contributed by atoms with Crippen molar-refractivity contribution in [1.82, 2.24) is 20.2 Å². The molecule has 0 saturated carbocycles. The van der Waals surface area contributed by atoms with Crippen molar-refractivity contribution in [2.75, 3.05) is 6.54 Å². The van der Waals surface area contributed by atoms with Crippen LogP contribution in [0.5, 0.6) is 0 Å². The molecule has 1 saturated heterocycles. The molecule has 10 heteroatoms. The molecule has 2 heterocycles. The number of carbonyl (C=O) groups is 3. The Morgan fingerprint density at radius 2 is 1.85 bits per heavy atom. The predicted molar refractivity (Wildman–Crippen MR) is 150 cm³/mol. The van der Waals surface area contributed by atoms with Gasteiger partial charge in [0.2, 0.25) is 0 Å². The summed E-state index contributed by atoms with van der Waals surface area (Å²) in [6.45, 7) is 12.7. The molecule has 1 N–H and O–H groups in total. The topological polar surface area (TPSA) is 111 Å². The van der Waals surface area contributed by atoms with Crippen LogP contribution in [0, 0.1) is 5.92 Å². The number of ketones is 1. The second-order valence-electron chi connectivity index (χ2n) is 10.8. The van der Waals surface area contributed by atoms with E-state index in [9.17, 15) is 14.4 Å². The minimum Gasteiger partial charge on any atom is -0.508 e. The highest BCUT2D eigenvalue weighted by Crippen LogP contribution is 2.31. The van der Waals surface area contributed by atoms with Gasteiger partial charge in [-0.2, -0.15) is 0 Å². The standard InChI is InChI=1S/C29H41BN4O5/c1-7-34-20(4)22(6)38-30(39-29(37)21(34)5)24(15-19(2)3)17-27(35)25(16-23-11-9-8-10-12-23)33-28(36)26-18-31-13-14-32-26/h8-14,18-22,24-25H,7,15-17H2,1-6H3,(H,33,36)/t20-,21-,22+,24-,25+/m1/s1. The number of aromatic nitrogens is 2. The fourth-order valence-electron chi connectivity index (χ4n) is 5.13. The van der Waals surface area contributed by atoms with Gasteiger partial charge in [0.05, 0.1) is 18.3 Å². The summed E-state index contributed by atoms with van der Waals surface area (Å²) in [5.41, 5.74) is 1.05. The molecule has 0 unspecified atom stereocenters. The van der Waals surface area contributed by atoms with E-state index in [2.05, 4.69) is 34.0 Å². The van der Waals surface area contributed by atoms with E-state index in [1.807, 2.05) is 58.0 Å². The minimum atomic E-state index is -0.865. The quantitative estimate of drug-likeness (QED) is 0.433. The van der Waals surface area contributed by atoms with E-state index in [-0.39, 0.29) is 47.7 Å². The molecule has 1 aliphatic heterocycles. The lowest BCUT2D eigenvalue weighted by Crippen LogP contribution is -2.55. The van der Waals surface area contributed by atoms with E-state index in [0.29, 0.717) is 19.4 Å². The number of benzene rings is 1. The first-order valence-electron chi connectivity index (χ1n) is 13.9. The molecule has 9 nitrogen and oxygen atoms in total. The number of carbonyl (C=O) groups excluding carboxylic acids is 3. The molecule has 1 aromatic heterocycles. The molecule has 1 aromatic carbocycles. The third-order valence-corrected chi connectivity index (χ3v) is 7.38. The Bertz CT molecular complexity index is 1090. The highest BCUT2D eigenvalue weighted by molar-refractivity contribution is 6.49. The van der Waals surface area contributed by atoms with Crippen LogP contribution in [-0.4, -0.2) is 70.4 Å². The fraction of sp³-hybridized carbons (Fsp3) is 0.552. The normalized spacial score (nSPS) is 22.0. The monoisotopic (exact) mass is 536 g/mol. The Labute approximate surface area is 232 Å². The molecule has 0 bridgehead atoms. The first-order valence-corrected chi connectivity index (χ1v) is 13.9.